The maximum absolute atomic E-state index is 13.9. The summed E-state index contributed by atoms with van der Waals surface area (Å²) in [7, 11) is 4.97. The molecule has 2 bridgehead atoms. The van der Waals surface area contributed by atoms with Gasteiger partial charge in [-0.1, -0.05) is 12.2 Å². The molecule has 3 aliphatic rings. The predicted molar refractivity (Wildman–Crippen MR) is 147 cm³/mol. The molecule has 13 heteroatoms. The summed E-state index contributed by atoms with van der Waals surface area (Å²) in [5, 5.41) is 5.92. The summed E-state index contributed by atoms with van der Waals surface area (Å²) in [5.74, 6) is -1.36. The third-order valence-corrected chi connectivity index (χ3v) is 8.21. The van der Waals surface area contributed by atoms with Gasteiger partial charge in [-0.15, -0.1) is 0 Å². The number of hydrogen-bond donors (Lipinski definition) is 3. The van der Waals surface area contributed by atoms with E-state index in [1.165, 1.54) is 7.11 Å². The number of fused-ring (bicyclic) bond motifs is 3. The lowest BCUT2D eigenvalue weighted by atomic mass is 9.88. The summed E-state index contributed by atoms with van der Waals surface area (Å²) in [6.45, 7) is 1.72. The fraction of sp³-hybridized carbons (Fsp3) is 0.500. The molecule has 2 heterocycles. The SMILES string of the molecule is COc1cc2c(cc1Nc1ncc(C(F)(F)F)c(N[C@H]3[C@@H](C(N)=O)[C@@H]4C=C[C@H]3C4)n1)CCN(CC(=O)N(C)C)CC2. The second-order valence-corrected chi connectivity index (χ2v) is 11.0. The third-order valence-electron chi connectivity index (χ3n) is 8.21. The molecular formula is C28H34F3N7O3. The molecule has 0 unspecified atom stereocenters. The Bertz CT molecular complexity index is 1360. The highest BCUT2D eigenvalue weighted by Crippen LogP contribution is 2.46. The molecule has 2 aromatic rings. The van der Waals surface area contributed by atoms with Crippen LogP contribution in [0.2, 0.25) is 0 Å². The lowest BCUT2D eigenvalue weighted by molar-refractivity contribution is -0.137. The number of alkyl halides is 3. The van der Waals surface area contributed by atoms with Gasteiger partial charge in [0.2, 0.25) is 17.8 Å². The summed E-state index contributed by atoms with van der Waals surface area (Å²) in [6.07, 6.45) is 1.88. The molecule has 0 saturated heterocycles. The summed E-state index contributed by atoms with van der Waals surface area (Å²) < 4.78 is 47.4. The minimum absolute atomic E-state index is 0.0309. The van der Waals surface area contributed by atoms with E-state index in [0.717, 1.165) is 23.7 Å². The number of carbonyl (C=O) groups is 2. The Morgan fingerprint density at radius 2 is 1.83 bits per heavy atom. The number of anilines is 3. The average Bonchev–Trinajstić information content (AvgIpc) is 3.46. The summed E-state index contributed by atoms with van der Waals surface area (Å²) in [6, 6.07) is 3.19. The van der Waals surface area contributed by atoms with Crippen LogP contribution in [0.4, 0.5) is 30.6 Å². The van der Waals surface area contributed by atoms with Crippen LogP contribution in [0.1, 0.15) is 23.1 Å². The molecule has 2 aliphatic carbocycles. The molecule has 1 aliphatic heterocycles. The molecule has 41 heavy (non-hydrogen) atoms. The molecule has 0 radical (unpaired) electrons. The molecule has 1 aromatic heterocycles. The first-order valence-corrected chi connectivity index (χ1v) is 13.5. The number of halogens is 3. The highest BCUT2D eigenvalue weighted by Gasteiger charge is 2.48. The molecule has 0 spiro atoms. The number of hydrogen-bond acceptors (Lipinski definition) is 8. The fourth-order valence-electron chi connectivity index (χ4n) is 6.00. The van der Waals surface area contributed by atoms with Gasteiger partial charge in [-0.3, -0.25) is 14.5 Å². The van der Waals surface area contributed by atoms with Crippen LogP contribution < -0.4 is 21.1 Å². The zero-order valence-corrected chi connectivity index (χ0v) is 23.2. The Hall–Kier alpha value is -3.87. The number of ether oxygens (including phenoxy) is 1. The maximum atomic E-state index is 13.9. The van der Waals surface area contributed by atoms with Gasteiger partial charge in [0.15, 0.2) is 0 Å². The Kier molecular flexibility index (Phi) is 7.82. The third kappa shape index (κ3) is 5.95. The van der Waals surface area contributed by atoms with E-state index in [-0.39, 0.29) is 23.7 Å². The lowest BCUT2D eigenvalue weighted by Crippen LogP contribution is -2.41. The number of nitrogens with zero attached hydrogens (tertiary/aromatic N) is 4. The first-order chi connectivity index (χ1) is 19.4. The van der Waals surface area contributed by atoms with Crippen molar-refractivity contribution in [2.75, 3.05) is 51.5 Å². The number of allylic oxidation sites excluding steroid dienone is 1. The van der Waals surface area contributed by atoms with E-state index in [9.17, 15) is 22.8 Å². The number of methoxy groups -OCH3 is 1. The molecule has 4 N–H and O–H groups in total. The van der Waals surface area contributed by atoms with Crippen LogP contribution in [-0.4, -0.2) is 78.5 Å². The van der Waals surface area contributed by atoms with Crippen LogP contribution >= 0.6 is 0 Å². The van der Waals surface area contributed by atoms with Crippen molar-refractivity contribution in [3.63, 3.8) is 0 Å². The van der Waals surface area contributed by atoms with Gasteiger partial charge in [0.05, 0.1) is 25.3 Å². The summed E-state index contributed by atoms with van der Waals surface area (Å²) >= 11 is 0. The quantitative estimate of drug-likeness (QED) is 0.412. The van der Waals surface area contributed by atoms with Crippen molar-refractivity contribution in [1.29, 1.82) is 0 Å². The van der Waals surface area contributed by atoms with Crippen molar-refractivity contribution < 1.29 is 27.5 Å². The zero-order valence-electron chi connectivity index (χ0n) is 23.2. The van der Waals surface area contributed by atoms with Gasteiger partial charge in [-0.05, 0) is 54.4 Å². The van der Waals surface area contributed by atoms with Gasteiger partial charge in [0, 0.05) is 39.4 Å². The highest BCUT2D eigenvalue weighted by molar-refractivity contribution is 5.80. The number of likely N-dealkylation sites (N-methyl/N-ethyl adjacent to an activating group) is 1. The number of benzene rings is 1. The second-order valence-electron chi connectivity index (χ2n) is 11.0. The topological polar surface area (TPSA) is 126 Å². The largest absolute Gasteiger partial charge is 0.495 e. The molecule has 220 valence electrons. The highest BCUT2D eigenvalue weighted by atomic mass is 19.4. The lowest BCUT2D eigenvalue weighted by Gasteiger charge is -2.28. The number of aromatic nitrogens is 2. The van der Waals surface area contributed by atoms with Gasteiger partial charge < -0.3 is 26.0 Å². The summed E-state index contributed by atoms with van der Waals surface area (Å²) in [5.41, 5.74) is 7.20. The number of carbonyl (C=O) groups excluding carboxylic acids is 2. The van der Waals surface area contributed by atoms with E-state index < -0.39 is 35.4 Å². The van der Waals surface area contributed by atoms with Crippen LogP contribution in [0.5, 0.6) is 5.75 Å². The second kappa shape index (κ2) is 11.2. The smallest absolute Gasteiger partial charge is 0.421 e. The first kappa shape index (κ1) is 28.7. The van der Waals surface area contributed by atoms with Crippen LogP contribution in [-0.2, 0) is 28.6 Å². The van der Waals surface area contributed by atoms with Crippen molar-refractivity contribution in [2.24, 2.45) is 23.5 Å². The number of nitrogens with two attached hydrogens (primary N) is 1. The molecule has 1 saturated carbocycles. The molecule has 5 rings (SSSR count). The molecule has 1 fully saturated rings. The van der Waals surface area contributed by atoms with E-state index in [2.05, 4.69) is 25.5 Å². The van der Waals surface area contributed by atoms with Gasteiger partial charge in [0.25, 0.3) is 0 Å². The zero-order chi connectivity index (χ0) is 29.5. The molecule has 1 aromatic carbocycles. The van der Waals surface area contributed by atoms with Gasteiger partial charge in [0.1, 0.15) is 17.1 Å². The van der Waals surface area contributed by atoms with E-state index in [4.69, 9.17) is 10.5 Å². The Labute approximate surface area is 236 Å². The molecular weight excluding hydrogens is 539 g/mol. The van der Waals surface area contributed by atoms with E-state index >= 15 is 0 Å². The Morgan fingerprint density at radius 1 is 1.15 bits per heavy atom. The minimum atomic E-state index is -4.71. The van der Waals surface area contributed by atoms with Crippen molar-refractivity contribution in [2.45, 2.75) is 31.5 Å². The number of nitrogens with one attached hydrogen (secondary N) is 2. The van der Waals surface area contributed by atoms with Gasteiger partial charge in [-0.2, -0.15) is 18.2 Å². The maximum Gasteiger partial charge on any atom is 0.421 e. The van der Waals surface area contributed by atoms with Crippen LogP contribution in [0.25, 0.3) is 0 Å². The molecule has 10 nitrogen and oxygen atoms in total. The van der Waals surface area contributed by atoms with Crippen LogP contribution in [0.15, 0.2) is 30.5 Å². The monoisotopic (exact) mass is 573 g/mol. The van der Waals surface area contributed by atoms with E-state index in [1.54, 1.807) is 19.0 Å². The van der Waals surface area contributed by atoms with Crippen molar-refractivity contribution in [1.82, 2.24) is 19.8 Å². The predicted octanol–water partition coefficient (Wildman–Crippen LogP) is 2.82. The van der Waals surface area contributed by atoms with Crippen LogP contribution in [0, 0.1) is 17.8 Å². The fourth-order valence-corrected chi connectivity index (χ4v) is 6.00. The average molecular weight is 574 g/mol. The number of amides is 2. The number of primary amides is 1. The van der Waals surface area contributed by atoms with Crippen LogP contribution in [0.3, 0.4) is 0 Å². The molecule has 2 amide bonds. The van der Waals surface area contributed by atoms with E-state index in [0.29, 0.717) is 43.9 Å². The standard InChI is InChI=1S/C28H34F3N7O3/c1-37(2)22(39)14-38-8-6-15-11-20(21(41-3)12-16(15)7-9-38)34-27-33-13-19(28(29,30)31)26(36-27)35-24-18-5-4-17(10-18)23(24)25(32)40/h4-5,11-13,17-18,23-24H,6-10,14H2,1-3H3,(H2,32,40)(H2,33,34,35,36)/t17-,18+,23+,24-/m1/s1. The van der Waals surface area contributed by atoms with E-state index in [1.807, 2.05) is 24.3 Å². The Morgan fingerprint density at radius 3 is 2.46 bits per heavy atom. The van der Waals surface area contributed by atoms with Crippen molar-refractivity contribution in [3.05, 3.63) is 47.2 Å². The molecule has 4 atom stereocenters. The normalized spacial score (nSPS) is 23.6. The van der Waals surface area contributed by atoms with Gasteiger partial charge >= 0.3 is 6.18 Å². The Balaban J connectivity index is 1.40. The van der Waals surface area contributed by atoms with Gasteiger partial charge in [-0.25, -0.2) is 4.98 Å². The first-order valence-electron chi connectivity index (χ1n) is 13.5. The van der Waals surface area contributed by atoms with Crippen molar-refractivity contribution >= 4 is 29.3 Å². The van der Waals surface area contributed by atoms with Crippen molar-refractivity contribution in [3.8, 4) is 5.75 Å². The number of rotatable bonds is 8. The minimum Gasteiger partial charge on any atom is -0.495 e. The summed E-state index contributed by atoms with van der Waals surface area (Å²) in [4.78, 5) is 36.2.